The van der Waals surface area contributed by atoms with E-state index in [1.807, 2.05) is 24.3 Å². The molecular weight excluding hydrogens is 545 g/mol. The summed E-state index contributed by atoms with van der Waals surface area (Å²) in [5.74, 6) is -0.491. The molecule has 3 aromatic rings. The number of amides is 1. The lowest BCUT2D eigenvalue weighted by atomic mass is 10.0. The second-order valence-corrected chi connectivity index (χ2v) is 10.4. The van der Waals surface area contributed by atoms with Crippen molar-refractivity contribution in [2.45, 2.75) is 71.6 Å². The lowest BCUT2D eigenvalue weighted by Crippen LogP contribution is -2.25. The number of nitro benzene ring substituents is 1. The Hall–Kier alpha value is -3.09. The number of anilines is 2. The van der Waals surface area contributed by atoms with Gasteiger partial charge in [-0.05, 0) is 54.3 Å². The molecule has 0 aliphatic carbocycles. The molecule has 0 aliphatic rings. The van der Waals surface area contributed by atoms with E-state index in [1.54, 1.807) is 0 Å². The molecular formula is C32H41Cl2N3O3. The van der Waals surface area contributed by atoms with Gasteiger partial charge in [0.1, 0.15) is 0 Å². The summed E-state index contributed by atoms with van der Waals surface area (Å²) in [6.07, 6.45) is 11.5. The van der Waals surface area contributed by atoms with Crippen molar-refractivity contribution >= 4 is 47.0 Å². The third kappa shape index (κ3) is 10.1. The average Bonchev–Trinajstić information content (AvgIpc) is 2.94. The molecule has 6 nitrogen and oxygen atoms in total. The van der Waals surface area contributed by atoms with Crippen molar-refractivity contribution in [3.05, 3.63) is 87.4 Å². The van der Waals surface area contributed by atoms with E-state index in [0.717, 1.165) is 24.2 Å². The quantitative estimate of drug-likeness (QED) is 0.103. The van der Waals surface area contributed by atoms with E-state index >= 15 is 0 Å². The molecule has 0 aliphatic heterocycles. The zero-order valence-electron chi connectivity index (χ0n) is 23.5. The maximum absolute atomic E-state index is 12.7. The number of halogens is 2. The van der Waals surface area contributed by atoms with E-state index in [9.17, 15) is 14.9 Å². The molecule has 1 N–H and O–H groups in total. The minimum Gasteiger partial charge on any atom is -0.372 e. The highest BCUT2D eigenvalue weighted by Gasteiger charge is 2.16. The molecule has 40 heavy (non-hydrogen) atoms. The number of hydrogen-bond donors (Lipinski definition) is 1. The van der Waals surface area contributed by atoms with E-state index < -0.39 is 10.8 Å². The van der Waals surface area contributed by atoms with Crippen LogP contribution in [0.2, 0.25) is 5.02 Å². The number of non-ortho nitro benzene ring substituents is 1. The molecule has 0 spiro atoms. The van der Waals surface area contributed by atoms with E-state index in [0.29, 0.717) is 5.69 Å². The van der Waals surface area contributed by atoms with E-state index in [-0.39, 0.29) is 28.7 Å². The highest BCUT2D eigenvalue weighted by Crippen LogP contribution is 2.27. The van der Waals surface area contributed by atoms with Crippen LogP contribution in [0.5, 0.6) is 0 Å². The van der Waals surface area contributed by atoms with Gasteiger partial charge >= 0.3 is 0 Å². The van der Waals surface area contributed by atoms with Crippen LogP contribution in [0.1, 0.15) is 82.0 Å². The predicted molar refractivity (Wildman–Crippen MR) is 170 cm³/mol. The summed E-state index contributed by atoms with van der Waals surface area (Å²) in [5.41, 5.74) is 3.88. The highest BCUT2D eigenvalue weighted by atomic mass is 35.5. The van der Waals surface area contributed by atoms with Crippen molar-refractivity contribution in [3.63, 3.8) is 0 Å². The van der Waals surface area contributed by atoms with Gasteiger partial charge in [0.2, 0.25) is 0 Å². The number of carbonyl (C=O) groups excluding carboxylic acids is 1. The Kier molecular flexibility index (Phi) is 14.5. The van der Waals surface area contributed by atoms with Crippen LogP contribution < -0.4 is 10.2 Å². The molecule has 8 heteroatoms. The monoisotopic (exact) mass is 585 g/mol. The third-order valence-corrected chi connectivity index (χ3v) is 7.26. The van der Waals surface area contributed by atoms with Crippen LogP contribution in [-0.2, 0) is 0 Å². The highest BCUT2D eigenvalue weighted by molar-refractivity contribution is 6.34. The van der Waals surface area contributed by atoms with Gasteiger partial charge in [0, 0.05) is 36.6 Å². The molecule has 0 saturated heterocycles. The maximum Gasteiger partial charge on any atom is 0.270 e. The zero-order chi connectivity index (χ0) is 28.0. The lowest BCUT2D eigenvalue weighted by molar-refractivity contribution is -0.384. The van der Waals surface area contributed by atoms with Gasteiger partial charge < -0.3 is 10.2 Å². The van der Waals surface area contributed by atoms with Gasteiger partial charge in [-0.2, -0.15) is 0 Å². The van der Waals surface area contributed by atoms with Crippen molar-refractivity contribution in [2.24, 2.45) is 0 Å². The number of unbranched alkanes of at least 4 members (excludes halogenated alkanes) is 7. The number of carbonyl (C=O) groups is 1. The first kappa shape index (κ1) is 33.1. The van der Waals surface area contributed by atoms with E-state index in [4.69, 9.17) is 11.6 Å². The Labute approximate surface area is 249 Å². The van der Waals surface area contributed by atoms with Crippen LogP contribution >= 0.6 is 24.0 Å². The van der Waals surface area contributed by atoms with Crippen molar-refractivity contribution < 1.29 is 9.72 Å². The van der Waals surface area contributed by atoms with Gasteiger partial charge in [-0.1, -0.05) is 94.7 Å². The largest absolute Gasteiger partial charge is 0.372 e. The topological polar surface area (TPSA) is 75.5 Å². The van der Waals surface area contributed by atoms with E-state index in [2.05, 4.69) is 48.3 Å². The summed E-state index contributed by atoms with van der Waals surface area (Å²) < 4.78 is 0. The Balaban J connectivity index is 0.00000560. The van der Waals surface area contributed by atoms with Crippen LogP contribution in [0, 0.1) is 10.1 Å². The van der Waals surface area contributed by atoms with Crippen LogP contribution in [0.4, 0.5) is 17.1 Å². The number of nitrogens with zero attached hydrogens (tertiary/aromatic N) is 2. The molecule has 0 saturated carbocycles. The standard InChI is InChI=1S/C32H40ClN3O3.ClH/c1-3-5-7-8-9-11-23-35(22-10-6-4-2)28-18-14-26(15-19-28)25-12-16-27(17-13-25)34-32(37)30-24-29(36(38)39)20-21-31(30)33;/h12-21,24H,3-11,22-23H2,1-2H3,(H,34,37);1H. The second kappa shape index (κ2) is 17.6. The first-order chi connectivity index (χ1) is 18.9. The molecule has 1 amide bonds. The van der Waals surface area contributed by atoms with Crippen LogP contribution in [-0.4, -0.2) is 23.9 Å². The van der Waals surface area contributed by atoms with E-state index in [1.165, 1.54) is 81.7 Å². The minimum absolute atomic E-state index is 0. The van der Waals surface area contributed by atoms with Gasteiger partial charge in [0.05, 0.1) is 15.5 Å². The van der Waals surface area contributed by atoms with Crippen molar-refractivity contribution in [1.82, 2.24) is 0 Å². The molecule has 0 radical (unpaired) electrons. The van der Waals surface area contributed by atoms with Crippen LogP contribution in [0.15, 0.2) is 66.7 Å². The average molecular weight is 587 g/mol. The Morgan fingerprint density at radius 3 is 1.93 bits per heavy atom. The smallest absolute Gasteiger partial charge is 0.270 e. The second-order valence-electron chi connectivity index (χ2n) is 9.96. The van der Waals surface area contributed by atoms with Gasteiger partial charge in [-0.15, -0.1) is 12.4 Å². The maximum atomic E-state index is 12.7. The summed E-state index contributed by atoms with van der Waals surface area (Å²) in [6.45, 7) is 6.68. The molecule has 0 aromatic heterocycles. The Bertz CT molecular complexity index is 1200. The lowest BCUT2D eigenvalue weighted by Gasteiger charge is -2.25. The molecule has 3 aromatic carbocycles. The molecule has 0 heterocycles. The Morgan fingerprint density at radius 1 is 0.800 bits per heavy atom. The fourth-order valence-electron chi connectivity index (χ4n) is 4.62. The number of nitrogens with one attached hydrogen (secondary N) is 1. The molecule has 0 atom stereocenters. The van der Waals surface area contributed by atoms with Crippen LogP contribution in [0.3, 0.4) is 0 Å². The number of hydrogen-bond acceptors (Lipinski definition) is 4. The van der Waals surface area contributed by atoms with Crippen LogP contribution in [0.25, 0.3) is 11.1 Å². The van der Waals surface area contributed by atoms with Gasteiger partial charge in [-0.25, -0.2) is 0 Å². The predicted octanol–water partition coefficient (Wildman–Crippen LogP) is 9.95. The van der Waals surface area contributed by atoms with Crippen molar-refractivity contribution in [3.8, 4) is 11.1 Å². The first-order valence-corrected chi connectivity index (χ1v) is 14.5. The minimum atomic E-state index is -0.549. The summed E-state index contributed by atoms with van der Waals surface area (Å²) in [4.78, 5) is 25.7. The number of benzene rings is 3. The SMILES string of the molecule is CCCCCCCCN(CCCCC)c1ccc(-c2ccc(NC(=O)c3cc([N+](=O)[O-])ccc3Cl)cc2)cc1.Cl. The summed E-state index contributed by atoms with van der Waals surface area (Å²) in [7, 11) is 0. The summed E-state index contributed by atoms with van der Waals surface area (Å²) >= 11 is 6.10. The van der Waals surface area contributed by atoms with Gasteiger partial charge in [0.25, 0.3) is 11.6 Å². The first-order valence-electron chi connectivity index (χ1n) is 14.1. The summed E-state index contributed by atoms with van der Waals surface area (Å²) in [6, 6.07) is 20.1. The molecule has 0 unspecified atom stereocenters. The van der Waals surface area contributed by atoms with Gasteiger partial charge in [0.15, 0.2) is 0 Å². The normalized spacial score (nSPS) is 10.6. The number of nitro groups is 1. The molecule has 216 valence electrons. The van der Waals surface area contributed by atoms with Crippen molar-refractivity contribution in [1.29, 1.82) is 0 Å². The molecule has 0 fully saturated rings. The molecule has 3 rings (SSSR count). The third-order valence-electron chi connectivity index (χ3n) is 6.93. The Morgan fingerprint density at radius 2 is 1.32 bits per heavy atom. The fraction of sp³-hybridized carbons (Fsp3) is 0.406. The molecule has 0 bridgehead atoms. The van der Waals surface area contributed by atoms with Crippen molar-refractivity contribution in [2.75, 3.05) is 23.3 Å². The summed E-state index contributed by atoms with van der Waals surface area (Å²) in [5, 5.41) is 14.0. The zero-order valence-corrected chi connectivity index (χ0v) is 25.1. The number of rotatable bonds is 16. The van der Waals surface area contributed by atoms with Gasteiger partial charge in [-0.3, -0.25) is 14.9 Å². The fourth-order valence-corrected chi connectivity index (χ4v) is 4.82.